The summed E-state index contributed by atoms with van der Waals surface area (Å²) in [6.07, 6.45) is 54.0. The Hall–Kier alpha value is -1.94. The SMILES string of the molecule is CCCCCCCCCCCCCCCCCC(=O)OC[C@H](COP(=O)(O)OC[C@@H](O)COP(=O)(O)OC[C@@H](COC(=O)CCCCCCCCCC)OC(=O)CCCCCCCCCCCCCC)OC(=O)CCCCCCCCCCCCCCCCC. The monoisotopic (exact) mass is 1320 g/mol. The summed E-state index contributed by atoms with van der Waals surface area (Å²) in [7, 11) is -9.90. The summed E-state index contributed by atoms with van der Waals surface area (Å²) in [6, 6.07) is 0. The van der Waals surface area contributed by atoms with E-state index in [4.69, 9.17) is 37.0 Å². The zero-order valence-electron chi connectivity index (χ0n) is 58.1. The molecule has 0 heterocycles. The van der Waals surface area contributed by atoms with Crippen molar-refractivity contribution >= 4 is 39.5 Å². The van der Waals surface area contributed by atoms with Crippen LogP contribution in [0.2, 0.25) is 0 Å². The minimum Gasteiger partial charge on any atom is -0.462 e. The summed E-state index contributed by atoms with van der Waals surface area (Å²) in [5.41, 5.74) is 0. The first-order valence-electron chi connectivity index (χ1n) is 37.3. The molecule has 0 saturated heterocycles. The summed E-state index contributed by atoms with van der Waals surface area (Å²) in [4.78, 5) is 72.5. The Morgan fingerprint density at radius 3 is 0.656 bits per heavy atom. The van der Waals surface area contributed by atoms with Crippen molar-refractivity contribution in [1.82, 2.24) is 0 Å². The Morgan fingerprint density at radius 1 is 0.267 bits per heavy atom. The minimum atomic E-state index is -4.95. The first kappa shape index (κ1) is 88.1. The van der Waals surface area contributed by atoms with Gasteiger partial charge in [-0.15, -0.1) is 0 Å². The number of unbranched alkanes of at least 4 members (excludes halogenated alkanes) is 46. The van der Waals surface area contributed by atoms with Crippen LogP contribution in [0.5, 0.6) is 0 Å². The van der Waals surface area contributed by atoms with Crippen LogP contribution in [0.3, 0.4) is 0 Å². The fourth-order valence-corrected chi connectivity index (χ4v) is 12.4. The molecule has 0 bridgehead atoms. The molecule has 0 radical (unpaired) electrons. The number of aliphatic hydroxyl groups excluding tert-OH is 1. The Labute approximate surface area is 549 Å². The van der Waals surface area contributed by atoms with Crippen LogP contribution in [0.1, 0.15) is 374 Å². The highest BCUT2D eigenvalue weighted by atomic mass is 31.2. The van der Waals surface area contributed by atoms with E-state index in [-0.39, 0.29) is 25.7 Å². The third-order valence-corrected chi connectivity index (χ3v) is 18.5. The quantitative estimate of drug-likeness (QED) is 0.0222. The van der Waals surface area contributed by atoms with Crippen molar-refractivity contribution < 1.29 is 80.2 Å². The average molecular weight is 1330 g/mol. The molecule has 0 aromatic heterocycles. The van der Waals surface area contributed by atoms with Crippen molar-refractivity contribution in [2.75, 3.05) is 39.6 Å². The molecule has 534 valence electrons. The lowest BCUT2D eigenvalue weighted by atomic mass is 10.0. The predicted molar refractivity (Wildman–Crippen MR) is 363 cm³/mol. The topological polar surface area (TPSA) is 237 Å². The maximum atomic E-state index is 13.0. The molecule has 5 atom stereocenters. The van der Waals surface area contributed by atoms with Gasteiger partial charge in [-0.05, 0) is 25.7 Å². The van der Waals surface area contributed by atoms with E-state index >= 15 is 0 Å². The van der Waals surface area contributed by atoms with Crippen molar-refractivity contribution in [3.05, 3.63) is 0 Å². The van der Waals surface area contributed by atoms with Crippen molar-refractivity contribution in [3.63, 3.8) is 0 Å². The highest BCUT2D eigenvalue weighted by molar-refractivity contribution is 7.47. The standard InChI is InChI=1S/C71H138O17P2/c1-5-9-13-17-21-25-28-31-33-35-38-40-44-48-52-56-69(74)82-62-67(88-71(76)58-54-50-46-42-39-36-34-32-29-26-22-18-14-10-6-2)64-86-90(79,80)84-60-65(72)59-83-89(77,78)85-63-66(61-81-68(73)55-51-47-43-24-20-16-12-8-4)87-70(75)57-53-49-45-41-37-30-27-23-19-15-11-7-3/h65-67,72H,5-64H2,1-4H3,(H,77,78)(H,79,80)/t65-,66+,67+/m0/s1. The number of aliphatic hydroxyl groups is 1. The summed E-state index contributed by atoms with van der Waals surface area (Å²) in [5, 5.41) is 10.6. The molecular weight excluding hydrogens is 1190 g/mol. The molecular formula is C71H138O17P2. The van der Waals surface area contributed by atoms with Crippen LogP contribution in [-0.2, 0) is 65.4 Å². The van der Waals surface area contributed by atoms with E-state index < -0.39 is 97.5 Å². The molecule has 90 heavy (non-hydrogen) atoms. The zero-order chi connectivity index (χ0) is 66.1. The molecule has 0 rings (SSSR count). The Kier molecular flexibility index (Phi) is 64.3. The number of carbonyl (C=O) groups is 4. The molecule has 0 aliphatic carbocycles. The average Bonchev–Trinajstić information content (AvgIpc) is 2.40. The molecule has 0 saturated carbocycles. The second-order valence-electron chi connectivity index (χ2n) is 25.6. The van der Waals surface area contributed by atoms with Crippen LogP contribution >= 0.6 is 15.6 Å². The molecule has 17 nitrogen and oxygen atoms in total. The van der Waals surface area contributed by atoms with Gasteiger partial charge in [0.05, 0.1) is 26.4 Å². The normalized spacial score (nSPS) is 14.0. The van der Waals surface area contributed by atoms with Gasteiger partial charge in [0.15, 0.2) is 12.2 Å². The largest absolute Gasteiger partial charge is 0.472 e. The lowest BCUT2D eigenvalue weighted by Crippen LogP contribution is -2.30. The van der Waals surface area contributed by atoms with Gasteiger partial charge in [-0.1, -0.05) is 323 Å². The van der Waals surface area contributed by atoms with E-state index in [2.05, 4.69) is 27.7 Å². The molecule has 2 unspecified atom stereocenters. The Balaban J connectivity index is 5.22. The number of hydrogen-bond donors (Lipinski definition) is 3. The van der Waals surface area contributed by atoms with Gasteiger partial charge in [-0.2, -0.15) is 0 Å². The van der Waals surface area contributed by atoms with Crippen molar-refractivity contribution in [3.8, 4) is 0 Å². The van der Waals surface area contributed by atoms with Crippen LogP contribution < -0.4 is 0 Å². The van der Waals surface area contributed by atoms with Gasteiger partial charge in [-0.3, -0.25) is 37.3 Å². The number of ether oxygens (including phenoxy) is 4. The summed E-state index contributed by atoms with van der Waals surface area (Å²) in [5.74, 6) is -2.12. The van der Waals surface area contributed by atoms with Crippen molar-refractivity contribution in [1.29, 1.82) is 0 Å². The molecule has 0 aliphatic rings. The van der Waals surface area contributed by atoms with Gasteiger partial charge < -0.3 is 33.8 Å². The highest BCUT2D eigenvalue weighted by Crippen LogP contribution is 2.45. The Bertz CT molecular complexity index is 1720. The molecule has 0 spiro atoms. The predicted octanol–water partition coefficient (Wildman–Crippen LogP) is 20.7. The number of phosphoric acid groups is 2. The summed E-state index contributed by atoms with van der Waals surface area (Å²) >= 11 is 0. The van der Waals surface area contributed by atoms with Gasteiger partial charge in [0.1, 0.15) is 19.3 Å². The van der Waals surface area contributed by atoms with Gasteiger partial charge in [0.2, 0.25) is 0 Å². The van der Waals surface area contributed by atoms with Gasteiger partial charge >= 0.3 is 39.5 Å². The van der Waals surface area contributed by atoms with Crippen LogP contribution in [0.15, 0.2) is 0 Å². The first-order valence-corrected chi connectivity index (χ1v) is 40.3. The molecule has 0 amide bonds. The molecule has 0 aromatic carbocycles. The number of rotatable bonds is 72. The van der Waals surface area contributed by atoms with Crippen LogP contribution in [0.25, 0.3) is 0 Å². The van der Waals surface area contributed by atoms with E-state index in [0.717, 1.165) is 96.3 Å². The maximum absolute atomic E-state index is 13.0. The van der Waals surface area contributed by atoms with Gasteiger partial charge in [0.25, 0.3) is 0 Å². The molecule has 0 aliphatic heterocycles. The third-order valence-electron chi connectivity index (χ3n) is 16.6. The van der Waals surface area contributed by atoms with E-state index in [9.17, 15) is 43.2 Å². The van der Waals surface area contributed by atoms with E-state index in [0.29, 0.717) is 25.7 Å². The fraction of sp³-hybridized carbons (Fsp3) is 0.944. The first-order chi connectivity index (χ1) is 43.7. The molecule has 19 heteroatoms. The minimum absolute atomic E-state index is 0.108. The van der Waals surface area contributed by atoms with Gasteiger partial charge in [-0.25, -0.2) is 9.13 Å². The number of hydrogen-bond acceptors (Lipinski definition) is 15. The molecule has 0 aromatic rings. The third kappa shape index (κ3) is 64.8. The zero-order valence-corrected chi connectivity index (χ0v) is 59.9. The summed E-state index contributed by atoms with van der Waals surface area (Å²) in [6.45, 7) is 4.94. The lowest BCUT2D eigenvalue weighted by molar-refractivity contribution is -0.161. The van der Waals surface area contributed by atoms with Crippen molar-refractivity contribution in [2.24, 2.45) is 0 Å². The van der Waals surface area contributed by atoms with E-state index in [1.54, 1.807) is 0 Å². The van der Waals surface area contributed by atoms with Crippen LogP contribution in [-0.4, -0.2) is 96.7 Å². The molecule has 0 fully saturated rings. The second kappa shape index (κ2) is 65.7. The lowest BCUT2D eigenvalue weighted by Gasteiger charge is -2.21. The van der Waals surface area contributed by atoms with Crippen LogP contribution in [0.4, 0.5) is 0 Å². The van der Waals surface area contributed by atoms with Crippen LogP contribution in [0, 0.1) is 0 Å². The van der Waals surface area contributed by atoms with Crippen molar-refractivity contribution in [2.45, 2.75) is 393 Å². The smallest absolute Gasteiger partial charge is 0.462 e. The number of esters is 4. The highest BCUT2D eigenvalue weighted by Gasteiger charge is 2.30. The maximum Gasteiger partial charge on any atom is 0.472 e. The molecule has 3 N–H and O–H groups in total. The second-order valence-corrected chi connectivity index (χ2v) is 28.5. The van der Waals surface area contributed by atoms with Gasteiger partial charge in [0, 0.05) is 25.7 Å². The number of phosphoric ester groups is 2. The van der Waals surface area contributed by atoms with E-state index in [1.165, 1.54) is 199 Å². The van der Waals surface area contributed by atoms with E-state index in [1.807, 2.05) is 0 Å². The Morgan fingerprint density at radius 2 is 0.444 bits per heavy atom. The fourth-order valence-electron chi connectivity index (χ4n) is 10.9. The summed E-state index contributed by atoms with van der Waals surface area (Å²) < 4.78 is 68.3. The number of carbonyl (C=O) groups excluding carboxylic acids is 4.